The Balaban J connectivity index is 1.10. The van der Waals surface area contributed by atoms with Gasteiger partial charge in [0, 0.05) is 87.1 Å². The van der Waals surface area contributed by atoms with E-state index in [0.717, 1.165) is 44.3 Å². The standard InChI is InChI=1S/C41H45ClF2N8O3/c1-3-54-30-13-17-49(25-30)15-6-12-34(53)52-19-18-50(24-29(52)21-45-2)39-32-22-46-37(31-10-4-8-27-9-5-11-33(42)35(27)31)36(44)38(32)47-40(48-39)55-26-41-14-7-16-51(41)23-28(43)20-41/h4-6,8-12,22,28-30H,3,7,13-21,23-26H2,1H3/b12-6+/t28-,29+,30+,41+/m1/s1. The van der Waals surface area contributed by atoms with Crippen molar-refractivity contribution in [2.24, 2.45) is 0 Å². The van der Waals surface area contributed by atoms with Crippen LogP contribution in [0.3, 0.4) is 0 Å². The van der Waals surface area contributed by atoms with E-state index in [1.54, 1.807) is 29.3 Å². The predicted octanol–water partition coefficient (Wildman–Crippen LogP) is 6.20. The quantitative estimate of drug-likeness (QED) is 0.131. The number of rotatable bonds is 11. The number of hydrogen-bond acceptors (Lipinski definition) is 9. The third-order valence-corrected chi connectivity index (χ3v) is 11.9. The van der Waals surface area contributed by atoms with Gasteiger partial charge in [-0.1, -0.05) is 48.0 Å². The van der Waals surface area contributed by atoms with Crippen molar-refractivity contribution in [1.29, 1.82) is 0 Å². The molecule has 0 N–H and O–H groups in total. The smallest absolute Gasteiger partial charge is 0.319 e. The van der Waals surface area contributed by atoms with Gasteiger partial charge in [0.1, 0.15) is 35.8 Å². The zero-order valence-corrected chi connectivity index (χ0v) is 31.7. The molecule has 14 heteroatoms. The molecule has 4 saturated heterocycles. The van der Waals surface area contributed by atoms with E-state index in [1.807, 2.05) is 42.2 Å². The fourth-order valence-corrected chi connectivity index (χ4v) is 9.27. The Morgan fingerprint density at radius 3 is 2.82 bits per heavy atom. The van der Waals surface area contributed by atoms with Gasteiger partial charge in [-0.25, -0.2) is 15.4 Å². The van der Waals surface area contributed by atoms with Crippen molar-refractivity contribution in [2.75, 3.05) is 77.0 Å². The Bertz CT molecular complexity index is 2150. The third-order valence-electron chi connectivity index (χ3n) is 11.6. The van der Waals surface area contributed by atoms with Crippen LogP contribution in [-0.4, -0.2) is 132 Å². The molecule has 288 valence electrons. The molecule has 4 fully saturated rings. The molecule has 11 nitrogen and oxygen atoms in total. The fraction of sp³-hybridized carbons (Fsp3) is 0.488. The number of nitrogens with zero attached hydrogens (tertiary/aromatic N) is 8. The van der Waals surface area contributed by atoms with Crippen LogP contribution in [0.2, 0.25) is 5.02 Å². The summed E-state index contributed by atoms with van der Waals surface area (Å²) in [7, 11) is 0. The van der Waals surface area contributed by atoms with Crippen molar-refractivity contribution in [3.63, 3.8) is 0 Å². The number of ether oxygens (including phenoxy) is 2. The van der Waals surface area contributed by atoms with Gasteiger partial charge in [-0.05, 0) is 44.2 Å². The summed E-state index contributed by atoms with van der Waals surface area (Å²) in [6.07, 6.45) is 7.44. The van der Waals surface area contributed by atoms with Crippen LogP contribution < -0.4 is 9.64 Å². The number of fused-ring (bicyclic) bond motifs is 3. The van der Waals surface area contributed by atoms with Crippen LogP contribution in [0.25, 0.3) is 37.8 Å². The minimum absolute atomic E-state index is 0.0188. The maximum atomic E-state index is 17.0. The van der Waals surface area contributed by atoms with E-state index in [1.165, 1.54) is 0 Å². The lowest BCUT2D eigenvalue weighted by Gasteiger charge is -2.39. The van der Waals surface area contributed by atoms with E-state index in [9.17, 15) is 9.18 Å². The molecule has 2 aromatic carbocycles. The number of anilines is 1. The lowest BCUT2D eigenvalue weighted by Crippen LogP contribution is -2.56. The maximum absolute atomic E-state index is 17.0. The van der Waals surface area contributed by atoms with E-state index in [-0.39, 0.29) is 42.4 Å². The zero-order valence-electron chi connectivity index (χ0n) is 31.0. The summed E-state index contributed by atoms with van der Waals surface area (Å²) >= 11 is 6.65. The van der Waals surface area contributed by atoms with Crippen LogP contribution in [0.4, 0.5) is 14.6 Å². The average molecular weight is 771 g/mol. The Morgan fingerprint density at radius 1 is 1.13 bits per heavy atom. The minimum atomic E-state index is -0.934. The maximum Gasteiger partial charge on any atom is 0.319 e. The number of halogens is 3. The van der Waals surface area contributed by atoms with Crippen molar-refractivity contribution in [1.82, 2.24) is 29.7 Å². The van der Waals surface area contributed by atoms with E-state index >= 15 is 4.39 Å². The Hall–Kier alpha value is -4.48. The van der Waals surface area contributed by atoms with Crippen LogP contribution in [0, 0.1) is 12.4 Å². The second kappa shape index (κ2) is 15.9. The number of hydrogen-bond donors (Lipinski definition) is 0. The van der Waals surface area contributed by atoms with Crippen molar-refractivity contribution in [3.05, 3.63) is 77.0 Å². The first kappa shape index (κ1) is 37.4. The predicted molar refractivity (Wildman–Crippen MR) is 209 cm³/mol. The lowest BCUT2D eigenvalue weighted by atomic mass is 9.95. The van der Waals surface area contributed by atoms with Crippen LogP contribution in [-0.2, 0) is 9.53 Å². The second-order valence-corrected chi connectivity index (χ2v) is 15.4. The first-order valence-corrected chi connectivity index (χ1v) is 19.6. The number of benzene rings is 2. The molecule has 0 bridgehead atoms. The summed E-state index contributed by atoms with van der Waals surface area (Å²) in [5.74, 6) is -0.398. The van der Waals surface area contributed by atoms with E-state index < -0.39 is 23.6 Å². The molecular formula is C41H45ClF2N8O3. The van der Waals surface area contributed by atoms with E-state index in [0.29, 0.717) is 72.9 Å². The topological polar surface area (TPSA) is 91.5 Å². The molecule has 8 rings (SSSR count). The van der Waals surface area contributed by atoms with Crippen LogP contribution in [0.5, 0.6) is 6.01 Å². The Morgan fingerprint density at radius 2 is 1.98 bits per heavy atom. The lowest BCUT2D eigenvalue weighted by molar-refractivity contribution is -0.128. The van der Waals surface area contributed by atoms with Crippen molar-refractivity contribution >= 4 is 45.0 Å². The molecule has 1 amide bonds. The third kappa shape index (κ3) is 7.45. The van der Waals surface area contributed by atoms with Gasteiger partial charge < -0.3 is 24.1 Å². The SMILES string of the molecule is [C-]#[N+]C[C@H]1CN(c2nc(OC[C@@]34CCCN3C[C@H](F)C4)nc3c(F)c(-c4cccc5cccc(Cl)c45)ncc23)CCN1C(=O)/C=C/CN1CC[C@H](OCC)C1. The van der Waals surface area contributed by atoms with E-state index in [2.05, 4.69) is 24.6 Å². The molecule has 4 aliphatic heterocycles. The van der Waals surface area contributed by atoms with Crippen molar-refractivity contribution in [2.45, 2.75) is 56.5 Å². The molecule has 55 heavy (non-hydrogen) atoms. The van der Waals surface area contributed by atoms with Crippen molar-refractivity contribution < 1.29 is 23.0 Å². The largest absolute Gasteiger partial charge is 0.461 e. The fourth-order valence-electron chi connectivity index (χ4n) is 8.99. The monoisotopic (exact) mass is 770 g/mol. The first-order chi connectivity index (χ1) is 26.8. The number of amides is 1. The normalized spacial score (nSPS) is 24.7. The van der Waals surface area contributed by atoms with Gasteiger partial charge in [0.25, 0.3) is 0 Å². The highest BCUT2D eigenvalue weighted by atomic mass is 35.5. The summed E-state index contributed by atoms with van der Waals surface area (Å²) in [6, 6.07) is 10.6. The number of piperazine rings is 1. The molecule has 0 radical (unpaired) electrons. The van der Waals surface area contributed by atoms with Crippen LogP contribution in [0.1, 0.15) is 32.6 Å². The molecule has 6 heterocycles. The summed E-state index contributed by atoms with van der Waals surface area (Å²) < 4.78 is 43.7. The van der Waals surface area contributed by atoms with Crippen LogP contribution in [0.15, 0.2) is 54.7 Å². The molecule has 0 spiro atoms. The van der Waals surface area contributed by atoms with E-state index in [4.69, 9.17) is 32.6 Å². The molecule has 4 atom stereocenters. The number of carbonyl (C=O) groups excluding carboxylic acids is 1. The zero-order chi connectivity index (χ0) is 38.1. The van der Waals surface area contributed by atoms with Gasteiger partial charge in [-0.2, -0.15) is 9.97 Å². The van der Waals surface area contributed by atoms with Gasteiger partial charge in [0.05, 0.1) is 17.0 Å². The van der Waals surface area contributed by atoms with Crippen molar-refractivity contribution in [3.8, 4) is 17.3 Å². The molecular weight excluding hydrogens is 726 g/mol. The number of alkyl halides is 1. The first-order valence-electron chi connectivity index (χ1n) is 19.2. The number of aromatic nitrogens is 3. The summed E-state index contributed by atoms with van der Waals surface area (Å²) in [4.78, 5) is 39.4. The summed E-state index contributed by atoms with van der Waals surface area (Å²) in [5.41, 5.74) is 0.191. The average Bonchev–Trinajstić information content (AvgIpc) is 3.88. The number of pyridine rings is 1. The van der Waals surface area contributed by atoms with Gasteiger partial charge in [0.15, 0.2) is 5.82 Å². The highest BCUT2D eigenvalue weighted by Gasteiger charge is 2.49. The highest BCUT2D eigenvalue weighted by Crippen LogP contribution is 2.41. The summed E-state index contributed by atoms with van der Waals surface area (Å²) in [5, 5.41) is 2.38. The van der Waals surface area contributed by atoms with Crippen LogP contribution >= 0.6 is 11.6 Å². The highest BCUT2D eigenvalue weighted by molar-refractivity contribution is 6.36. The molecule has 4 aliphatic rings. The van der Waals surface area contributed by atoms with Gasteiger partial charge in [-0.15, -0.1) is 0 Å². The Kier molecular flexibility index (Phi) is 10.9. The number of carbonyl (C=O) groups is 1. The van der Waals surface area contributed by atoms with Gasteiger partial charge in [0.2, 0.25) is 12.5 Å². The van der Waals surface area contributed by atoms with Gasteiger partial charge in [-0.3, -0.25) is 19.6 Å². The minimum Gasteiger partial charge on any atom is -0.461 e. The molecule has 4 aromatic rings. The summed E-state index contributed by atoms with van der Waals surface area (Å²) in [6.45, 7) is 15.3. The molecule has 0 unspecified atom stereocenters. The second-order valence-electron chi connectivity index (χ2n) is 15.0. The van der Waals surface area contributed by atoms with Gasteiger partial charge >= 0.3 is 6.01 Å². The molecule has 0 aliphatic carbocycles. The molecule has 2 aromatic heterocycles. The Labute approximate surface area is 324 Å². The molecule has 0 saturated carbocycles. The number of likely N-dealkylation sites (tertiary alicyclic amines) is 1.